The molecule has 0 saturated carbocycles. The minimum absolute atomic E-state index is 0.594. The molecule has 0 N–H and O–H groups in total. The molecule has 0 atom stereocenters. The topological polar surface area (TPSA) is 17.8 Å². The van der Waals surface area contributed by atoms with Crippen LogP contribution in [0.25, 0.3) is 0 Å². The zero-order chi connectivity index (χ0) is 17.1. The number of hydrogen-bond acceptors (Lipinski definition) is 1. The summed E-state index contributed by atoms with van der Waals surface area (Å²) in [6, 6.07) is 32.9. The molecule has 0 saturated heterocycles. The monoisotopic (exact) mass is 344 g/mol. The van der Waals surface area contributed by atoms with Crippen molar-refractivity contribution in [1.82, 2.24) is 9.78 Å². The van der Waals surface area contributed by atoms with Crippen molar-refractivity contribution in [1.29, 1.82) is 0 Å². The van der Waals surface area contributed by atoms with Gasteiger partial charge in [-0.2, -0.15) is 5.10 Å². The lowest BCUT2D eigenvalue weighted by atomic mass is 9.77. The van der Waals surface area contributed by atoms with E-state index in [-0.39, 0.29) is 0 Å². The first-order chi connectivity index (χ1) is 12.3. The van der Waals surface area contributed by atoms with Gasteiger partial charge >= 0.3 is 0 Å². The van der Waals surface area contributed by atoms with Gasteiger partial charge < -0.3 is 0 Å². The summed E-state index contributed by atoms with van der Waals surface area (Å²) in [5.41, 5.74) is 2.69. The molecule has 0 fully saturated rings. The van der Waals surface area contributed by atoms with Crippen molar-refractivity contribution in [3.05, 3.63) is 125 Å². The maximum absolute atomic E-state index is 6.57. The van der Waals surface area contributed by atoms with E-state index in [1.165, 1.54) is 0 Å². The molecule has 122 valence electrons. The fourth-order valence-electron chi connectivity index (χ4n) is 3.44. The minimum Gasteiger partial charge on any atom is -0.234 e. The zero-order valence-electron chi connectivity index (χ0n) is 13.6. The largest absolute Gasteiger partial charge is 0.234 e. The van der Waals surface area contributed by atoms with Gasteiger partial charge in [-0.05, 0) is 22.8 Å². The molecule has 25 heavy (non-hydrogen) atoms. The lowest BCUT2D eigenvalue weighted by Crippen LogP contribution is -2.38. The quantitative estimate of drug-likeness (QED) is 0.455. The summed E-state index contributed by atoms with van der Waals surface area (Å²) in [7, 11) is 0. The second-order valence-corrected chi connectivity index (χ2v) is 6.26. The van der Waals surface area contributed by atoms with Crippen LogP contribution in [-0.4, -0.2) is 9.78 Å². The van der Waals surface area contributed by atoms with Gasteiger partial charge in [-0.1, -0.05) is 103 Å². The van der Waals surface area contributed by atoms with Gasteiger partial charge in [-0.15, -0.1) is 0 Å². The summed E-state index contributed by atoms with van der Waals surface area (Å²) < 4.78 is 1.90. The van der Waals surface area contributed by atoms with Crippen LogP contribution in [0.5, 0.6) is 0 Å². The van der Waals surface area contributed by atoms with Gasteiger partial charge in [0.15, 0.2) is 0 Å². The lowest BCUT2D eigenvalue weighted by molar-refractivity contribution is 0.461. The fraction of sp³-hybridized carbons (Fsp3) is 0.0455. The average molecular weight is 345 g/mol. The molecule has 2 nitrogen and oxygen atoms in total. The van der Waals surface area contributed by atoms with Crippen LogP contribution in [-0.2, 0) is 5.54 Å². The highest BCUT2D eigenvalue weighted by molar-refractivity contribution is 6.29. The van der Waals surface area contributed by atoms with Gasteiger partial charge in [0.25, 0.3) is 0 Å². The maximum Gasteiger partial charge on any atom is 0.139 e. The van der Waals surface area contributed by atoms with Gasteiger partial charge in [0.05, 0.1) is 6.20 Å². The van der Waals surface area contributed by atoms with Crippen LogP contribution in [0.2, 0.25) is 5.15 Å². The number of halogens is 1. The first-order valence-corrected chi connectivity index (χ1v) is 8.58. The van der Waals surface area contributed by atoms with Crippen molar-refractivity contribution in [2.45, 2.75) is 5.54 Å². The molecule has 0 spiro atoms. The van der Waals surface area contributed by atoms with Crippen LogP contribution in [0.4, 0.5) is 0 Å². The van der Waals surface area contributed by atoms with Crippen LogP contribution in [0.3, 0.4) is 0 Å². The number of aromatic nitrogens is 2. The Morgan fingerprint density at radius 2 is 1.00 bits per heavy atom. The summed E-state index contributed by atoms with van der Waals surface area (Å²) in [6.45, 7) is 0. The molecule has 0 amide bonds. The minimum atomic E-state index is -0.635. The lowest BCUT2D eigenvalue weighted by Gasteiger charge is -2.36. The van der Waals surface area contributed by atoms with E-state index >= 15 is 0 Å². The van der Waals surface area contributed by atoms with Crippen LogP contribution in [0.1, 0.15) is 16.7 Å². The van der Waals surface area contributed by atoms with Gasteiger partial charge in [-0.3, -0.25) is 0 Å². The average Bonchev–Trinajstić information content (AvgIpc) is 3.12. The molecule has 1 aromatic heterocycles. The molecular formula is C22H17ClN2. The molecule has 4 rings (SSSR count). The Morgan fingerprint density at radius 3 is 1.32 bits per heavy atom. The smallest absolute Gasteiger partial charge is 0.139 e. The van der Waals surface area contributed by atoms with Crippen LogP contribution in [0.15, 0.2) is 103 Å². The highest BCUT2D eigenvalue weighted by Crippen LogP contribution is 2.41. The van der Waals surface area contributed by atoms with Gasteiger partial charge in [0, 0.05) is 0 Å². The third kappa shape index (κ3) is 2.55. The van der Waals surface area contributed by atoms with Crippen molar-refractivity contribution in [3.8, 4) is 0 Å². The molecule has 0 bridgehead atoms. The number of rotatable bonds is 4. The number of nitrogens with zero attached hydrogens (tertiary/aromatic N) is 2. The van der Waals surface area contributed by atoms with Gasteiger partial charge in [0.2, 0.25) is 0 Å². The Kier molecular flexibility index (Phi) is 4.12. The molecule has 0 aliphatic carbocycles. The third-order valence-corrected chi connectivity index (χ3v) is 4.78. The molecule has 0 unspecified atom stereocenters. The molecular weight excluding hydrogens is 328 g/mol. The molecule has 0 aliphatic heterocycles. The molecule has 0 radical (unpaired) electrons. The Balaban J connectivity index is 2.15. The SMILES string of the molecule is Clc1ccnn1C(c1ccccc1)(c1ccccc1)c1ccccc1. The second kappa shape index (κ2) is 6.58. The Labute approximate surface area is 152 Å². The van der Waals surface area contributed by atoms with Crippen LogP contribution in [0, 0.1) is 0 Å². The van der Waals surface area contributed by atoms with Crippen molar-refractivity contribution >= 4 is 11.6 Å². The van der Waals surface area contributed by atoms with E-state index in [4.69, 9.17) is 11.6 Å². The van der Waals surface area contributed by atoms with Crippen LogP contribution >= 0.6 is 11.6 Å². The van der Waals surface area contributed by atoms with E-state index in [0.29, 0.717) is 5.15 Å². The fourth-order valence-corrected chi connectivity index (χ4v) is 3.67. The maximum atomic E-state index is 6.57. The predicted molar refractivity (Wildman–Crippen MR) is 102 cm³/mol. The van der Waals surface area contributed by atoms with Gasteiger partial charge in [-0.25, -0.2) is 4.68 Å². The molecule has 1 heterocycles. The van der Waals surface area contributed by atoms with E-state index < -0.39 is 5.54 Å². The summed E-state index contributed by atoms with van der Waals surface area (Å²) in [4.78, 5) is 0. The number of benzene rings is 3. The Hall–Kier alpha value is -2.84. The number of hydrogen-bond donors (Lipinski definition) is 0. The molecule has 3 aromatic carbocycles. The van der Waals surface area contributed by atoms with E-state index in [1.807, 2.05) is 65.3 Å². The first-order valence-electron chi connectivity index (χ1n) is 8.20. The Bertz CT molecular complexity index is 850. The normalized spacial score (nSPS) is 11.4. The second-order valence-electron chi connectivity index (χ2n) is 5.87. The summed E-state index contributed by atoms with van der Waals surface area (Å²) >= 11 is 6.57. The molecule has 3 heteroatoms. The summed E-state index contributed by atoms with van der Waals surface area (Å²) in [6.07, 6.45) is 1.74. The predicted octanol–water partition coefficient (Wildman–Crippen LogP) is 5.38. The first kappa shape index (κ1) is 15.7. The van der Waals surface area contributed by atoms with Crippen LogP contribution < -0.4 is 0 Å². The third-order valence-electron chi connectivity index (χ3n) is 4.49. The van der Waals surface area contributed by atoms with Crippen molar-refractivity contribution in [3.63, 3.8) is 0 Å². The standard InChI is InChI=1S/C22H17ClN2/c23-21-16-17-24-25(21)22(18-10-4-1-5-11-18,19-12-6-2-7-13-19)20-14-8-3-9-15-20/h1-17H. The van der Waals surface area contributed by atoms with E-state index in [9.17, 15) is 0 Å². The zero-order valence-corrected chi connectivity index (χ0v) is 14.3. The highest BCUT2D eigenvalue weighted by atomic mass is 35.5. The van der Waals surface area contributed by atoms with Crippen molar-refractivity contribution in [2.75, 3.05) is 0 Å². The highest BCUT2D eigenvalue weighted by Gasteiger charge is 2.40. The van der Waals surface area contributed by atoms with Gasteiger partial charge in [0.1, 0.15) is 10.7 Å². The van der Waals surface area contributed by atoms with E-state index in [1.54, 1.807) is 6.20 Å². The summed E-state index contributed by atoms with van der Waals surface area (Å²) in [5, 5.41) is 5.20. The van der Waals surface area contributed by atoms with Crippen molar-refractivity contribution < 1.29 is 0 Å². The Morgan fingerprint density at radius 1 is 0.600 bits per heavy atom. The summed E-state index contributed by atoms with van der Waals surface area (Å²) in [5.74, 6) is 0. The van der Waals surface area contributed by atoms with E-state index in [2.05, 4.69) is 41.5 Å². The molecule has 0 aliphatic rings. The van der Waals surface area contributed by atoms with E-state index in [0.717, 1.165) is 16.7 Å². The molecule has 4 aromatic rings. The van der Waals surface area contributed by atoms with Crippen molar-refractivity contribution in [2.24, 2.45) is 0 Å².